The number of carbonyl (C=O) groups excluding carboxylic acids is 2. The van der Waals surface area contributed by atoms with Crippen LogP contribution in [0.4, 0.5) is 13.6 Å². The Hall–Kier alpha value is -4.28. The lowest BCUT2D eigenvalue weighted by molar-refractivity contribution is 0.0953. The number of nitrogens with one attached hydrogen (secondary N) is 4. The van der Waals surface area contributed by atoms with Crippen molar-refractivity contribution in [3.8, 4) is 22.8 Å². The first kappa shape index (κ1) is 24.8. The summed E-state index contributed by atoms with van der Waals surface area (Å²) in [7, 11) is 0. The predicted octanol–water partition coefficient (Wildman–Crippen LogP) is 4.54. The van der Waals surface area contributed by atoms with Gasteiger partial charge in [0.2, 0.25) is 0 Å². The van der Waals surface area contributed by atoms with Crippen molar-refractivity contribution in [3.05, 3.63) is 59.8 Å². The molecule has 0 saturated carbocycles. The number of benzene rings is 2. The summed E-state index contributed by atoms with van der Waals surface area (Å²) in [5.74, 6) is -1.73. The largest absolute Gasteiger partial charge is 0.450 e. The van der Waals surface area contributed by atoms with E-state index < -0.39 is 17.7 Å². The van der Waals surface area contributed by atoms with E-state index in [1.807, 2.05) is 6.92 Å². The van der Waals surface area contributed by atoms with Gasteiger partial charge in [-0.05, 0) is 49.2 Å². The van der Waals surface area contributed by atoms with Gasteiger partial charge in [-0.2, -0.15) is 5.10 Å². The molecule has 0 saturated heterocycles. The average Bonchev–Trinajstić information content (AvgIpc) is 3.52. The third-order valence-corrected chi connectivity index (χ3v) is 5.50. The summed E-state index contributed by atoms with van der Waals surface area (Å²) in [5.41, 5.74) is 2.56. The van der Waals surface area contributed by atoms with Crippen molar-refractivity contribution in [2.75, 3.05) is 19.7 Å². The molecule has 0 bridgehead atoms. The van der Waals surface area contributed by atoms with E-state index in [9.17, 15) is 18.4 Å². The standard InChI is InChI=1S/C25H26F2N6O3/c1-2-3-11-36-25(35)29-10-4-9-28-24(34)16-6-8-20-17(12-16)22(33-32-20)23-30-14-21(31-23)15-5-7-18(26)19(27)13-15/h5-8,12-14H,2-4,9-11H2,1H3,(H,28,34)(H,29,35)(H,30,31)(H,32,33). The zero-order chi connectivity index (χ0) is 25.5. The first-order valence-electron chi connectivity index (χ1n) is 11.6. The van der Waals surface area contributed by atoms with Gasteiger partial charge in [-0.1, -0.05) is 13.3 Å². The minimum atomic E-state index is -0.952. The van der Waals surface area contributed by atoms with E-state index in [0.717, 1.165) is 25.0 Å². The van der Waals surface area contributed by atoms with Crippen LogP contribution < -0.4 is 10.6 Å². The lowest BCUT2D eigenvalue weighted by Gasteiger charge is -2.08. The molecule has 0 aliphatic rings. The highest BCUT2D eigenvalue weighted by molar-refractivity contribution is 6.01. The Labute approximate surface area is 205 Å². The van der Waals surface area contributed by atoms with Crippen molar-refractivity contribution in [1.29, 1.82) is 0 Å². The fourth-order valence-corrected chi connectivity index (χ4v) is 3.53. The molecule has 0 atom stereocenters. The Morgan fingerprint density at radius 3 is 2.67 bits per heavy atom. The quantitative estimate of drug-likeness (QED) is 0.240. The molecule has 2 aromatic heterocycles. The van der Waals surface area contributed by atoms with Crippen molar-refractivity contribution in [2.45, 2.75) is 26.2 Å². The smallest absolute Gasteiger partial charge is 0.407 e. The predicted molar refractivity (Wildman–Crippen MR) is 130 cm³/mol. The number of imidazole rings is 1. The van der Waals surface area contributed by atoms with Crippen LogP contribution in [0.15, 0.2) is 42.6 Å². The van der Waals surface area contributed by atoms with Gasteiger partial charge in [0, 0.05) is 29.6 Å². The van der Waals surface area contributed by atoms with Gasteiger partial charge in [-0.25, -0.2) is 18.6 Å². The highest BCUT2D eigenvalue weighted by atomic mass is 19.2. The van der Waals surface area contributed by atoms with E-state index in [0.29, 0.717) is 65.4 Å². The molecule has 9 nitrogen and oxygen atoms in total. The number of rotatable bonds is 10. The summed E-state index contributed by atoms with van der Waals surface area (Å²) in [4.78, 5) is 31.5. The Balaban J connectivity index is 1.38. The summed E-state index contributed by atoms with van der Waals surface area (Å²) in [6.07, 6.45) is 3.37. The number of aromatic amines is 2. The van der Waals surface area contributed by atoms with Gasteiger partial charge in [-0.15, -0.1) is 0 Å². The number of fused-ring (bicyclic) bond motifs is 1. The fourth-order valence-electron chi connectivity index (χ4n) is 3.53. The second kappa shape index (κ2) is 11.4. The van der Waals surface area contributed by atoms with Crippen molar-refractivity contribution in [2.24, 2.45) is 0 Å². The summed E-state index contributed by atoms with van der Waals surface area (Å²) in [6, 6.07) is 8.71. The number of nitrogens with zero attached hydrogens (tertiary/aromatic N) is 2. The van der Waals surface area contributed by atoms with Crippen LogP contribution >= 0.6 is 0 Å². The highest BCUT2D eigenvalue weighted by Gasteiger charge is 2.15. The minimum absolute atomic E-state index is 0.267. The van der Waals surface area contributed by atoms with Crippen molar-refractivity contribution in [1.82, 2.24) is 30.8 Å². The molecule has 4 N–H and O–H groups in total. The molecular formula is C25H26F2N6O3. The van der Waals surface area contributed by atoms with Crippen molar-refractivity contribution in [3.63, 3.8) is 0 Å². The molecule has 188 valence electrons. The normalized spacial score (nSPS) is 11.0. The zero-order valence-electron chi connectivity index (χ0n) is 19.7. The second-order valence-electron chi connectivity index (χ2n) is 8.13. The van der Waals surface area contributed by atoms with Gasteiger partial charge in [0.15, 0.2) is 17.5 Å². The van der Waals surface area contributed by atoms with Crippen LogP contribution in [0.3, 0.4) is 0 Å². The van der Waals surface area contributed by atoms with Gasteiger partial charge < -0.3 is 20.4 Å². The van der Waals surface area contributed by atoms with Crippen molar-refractivity contribution >= 4 is 22.9 Å². The first-order valence-corrected chi connectivity index (χ1v) is 11.6. The molecule has 0 aliphatic carbocycles. The summed E-state index contributed by atoms with van der Waals surface area (Å²) >= 11 is 0. The number of H-pyrrole nitrogens is 2. The molecule has 11 heteroatoms. The lowest BCUT2D eigenvalue weighted by atomic mass is 10.1. The number of carbonyl (C=O) groups is 2. The van der Waals surface area contributed by atoms with Gasteiger partial charge in [-0.3, -0.25) is 9.89 Å². The maximum atomic E-state index is 13.6. The molecule has 36 heavy (non-hydrogen) atoms. The number of ether oxygens (including phenoxy) is 1. The Morgan fingerprint density at radius 1 is 1.03 bits per heavy atom. The maximum Gasteiger partial charge on any atom is 0.407 e. The number of hydrogen-bond donors (Lipinski definition) is 4. The summed E-state index contributed by atoms with van der Waals surface area (Å²) in [5, 5.41) is 13.3. The number of amides is 2. The molecule has 0 unspecified atom stereocenters. The number of hydrogen-bond acceptors (Lipinski definition) is 5. The van der Waals surface area contributed by atoms with Crippen LogP contribution in [-0.2, 0) is 4.74 Å². The van der Waals surface area contributed by atoms with Crippen LogP contribution in [0.1, 0.15) is 36.5 Å². The Kier molecular flexibility index (Phi) is 7.89. The molecule has 0 spiro atoms. The Morgan fingerprint density at radius 2 is 1.86 bits per heavy atom. The van der Waals surface area contributed by atoms with Gasteiger partial charge in [0.25, 0.3) is 5.91 Å². The van der Waals surface area contributed by atoms with Crippen LogP contribution in [-0.4, -0.2) is 51.9 Å². The third kappa shape index (κ3) is 5.85. The monoisotopic (exact) mass is 496 g/mol. The zero-order valence-corrected chi connectivity index (χ0v) is 19.7. The fraction of sp³-hybridized carbons (Fsp3) is 0.280. The van der Waals surface area contributed by atoms with Gasteiger partial charge in [0.05, 0.1) is 24.0 Å². The second-order valence-corrected chi connectivity index (χ2v) is 8.13. The minimum Gasteiger partial charge on any atom is -0.450 e. The number of alkyl carbamates (subject to hydrolysis) is 1. The number of unbranched alkanes of at least 4 members (excludes halogenated alkanes) is 1. The van der Waals surface area contributed by atoms with Crippen LogP contribution in [0.25, 0.3) is 33.7 Å². The van der Waals surface area contributed by atoms with E-state index in [-0.39, 0.29) is 5.91 Å². The van der Waals surface area contributed by atoms with Crippen molar-refractivity contribution < 1.29 is 23.1 Å². The SMILES string of the molecule is CCCCOC(=O)NCCCNC(=O)c1ccc2[nH]nc(-c3ncc(-c4ccc(F)c(F)c4)[nH]3)c2c1. The number of aromatic nitrogens is 4. The molecule has 0 aliphatic heterocycles. The van der Waals surface area contributed by atoms with Gasteiger partial charge in [0.1, 0.15) is 5.69 Å². The molecule has 2 heterocycles. The lowest BCUT2D eigenvalue weighted by Crippen LogP contribution is -2.30. The topological polar surface area (TPSA) is 125 Å². The van der Waals surface area contributed by atoms with E-state index in [1.165, 1.54) is 12.3 Å². The molecule has 2 amide bonds. The van der Waals surface area contributed by atoms with Crippen LogP contribution in [0.2, 0.25) is 0 Å². The van der Waals surface area contributed by atoms with Crippen LogP contribution in [0, 0.1) is 11.6 Å². The average molecular weight is 497 g/mol. The highest BCUT2D eigenvalue weighted by Crippen LogP contribution is 2.28. The first-order chi connectivity index (χ1) is 17.5. The molecule has 0 fully saturated rings. The third-order valence-electron chi connectivity index (χ3n) is 5.50. The Bertz CT molecular complexity index is 1370. The van der Waals surface area contributed by atoms with E-state index in [1.54, 1.807) is 18.2 Å². The summed E-state index contributed by atoms with van der Waals surface area (Å²) in [6.45, 7) is 3.16. The van der Waals surface area contributed by atoms with E-state index in [2.05, 4.69) is 30.8 Å². The van der Waals surface area contributed by atoms with Crippen LogP contribution in [0.5, 0.6) is 0 Å². The molecule has 4 rings (SSSR count). The molecular weight excluding hydrogens is 470 g/mol. The van der Waals surface area contributed by atoms with E-state index in [4.69, 9.17) is 4.74 Å². The summed E-state index contributed by atoms with van der Waals surface area (Å²) < 4.78 is 31.9. The molecule has 0 radical (unpaired) electrons. The van der Waals surface area contributed by atoms with Gasteiger partial charge >= 0.3 is 6.09 Å². The molecule has 2 aromatic carbocycles. The van der Waals surface area contributed by atoms with E-state index >= 15 is 0 Å². The maximum absolute atomic E-state index is 13.6. The number of halogens is 2. The molecule has 4 aromatic rings.